The van der Waals surface area contributed by atoms with Gasteiger partial charge >= 0.3 is 18.2 Å². The van der Waals surface area contributed by atoms with E-state index in [1.165, 1.54) is 42.1 Å². The number of hydrogen-bond donors (Lipinski definition) is 2. The lowest BCUT2D eigenvalue weighted by atomic mass is 9.94. The predicted octanol–water partition coefficient (Wildman–Crippen LogP) is 8.50. The molecule has 6 aromatic rings. The van der Waals surface area contributed by atoms with E-state index in [1.807, 2.05) is 19.1 Å². The molecular formula is C47H48ClF4N7O6S. The number of Topliss-reactive ketones (excluding diaryl/α,β-unsaturated/α-hetero) is 1. The highest BCUT2D eigenvalue weighted by Crippen LogP contribution is 2.49. The molecule has 348 valence electrons. The molecule has 1 fully saturated rings. The highest BCUT2D eigenvalue weighted by atomic mass is 35.5. The van der Waals surface area contributed by atoms with Crippen LogP contribution in [0.3, 0.4) is 0 Å². The number of carbonyl (C=O) groups is 2. The van der Waals surface area contributed by atoms with Gasteiger partial charge in [-0.2, -0.15) is 18.2 Å². The molecular weight excluding hydrogens is 902 g/mol. The molecule has 0 unspecified atom stereocenters. The van der Waals surface area contributed by atoms with Crippen molar-refractivity contribution in [2.24, 2.45) is 5.73 Å². The lowest BCUT2D eigenvalue weighted by Gasteiger charge is -2.32. The summed E-state index contributed by atoms with van der Waals surface area (Å²) in [6.45, 7) is 5.85. The van der Waals surface area contributed by atoms with Gasteiger partial charge in [0.05, 0.1) is 17.5 Å². The van der Waals surface area contributed by atoms with Crippen LogP contribution >= 0.6 is 22.9 Å². The molecule has 1 atom stereocenters. The van der Waals surface area contributed by atoms with Crippen LogP contribution in [0, 0.1) is 12.7 Å². The van der Waals surface area contributed by atoms with Crippen LogP contribution in [0.4, 0.5) is 17.6 Å². The fourth-order valence-electron chi connectivity index (χ4n) is 7.61. The number of fused-ring (bicyclic) bond motifs is 1. The minimum atomic E-state index is -4.42. The average molecular weight is 950 g/mol. The molecule has 13 nitrogen and oxygen atoms in total. The first-order chi connectivity index (χ1) is 31.6. The molecule has 19 heteroatoms. The van der Waals surface area contributed by atoms with E-state index in [0.717, 1.165) is 38.3 Å². The summed E-state index contributed by atoms with van der Waals surface area (Å²) in [5.74, 6) is -1.50. The maximum Gasteiger partial charge on any atom is 0.392 e. The Kier molecular flexibility index (Phi) is 15.8. The number of ketones is 1. The number of halogens is 5. The minimum Gasteiger partial charge on any atom is -0.487 e. The number of nitrogens with zero attached hydrogens (tertiary/aromatic N) is 6. The zero-order valence-electron chi connectivity index (χ0n) is 36.2. The molecule has 4 heterocycles. The first kappa shape index (κ1) is 48.2. The van der Waals surface area contributed by atoms with E-state index in [0.29, 0.717) is 66.3 Å². The minimum absolute atomic E-state index is 0.0223. The van der Waals surface area contributed by atoms with Crippen molar-refractivity contribution in [2.75, 3.05) is 46.4 Å². The maximum atomic E-state index is 14.2. The first-order valence-electron chi connectivity index (χ1n) is 21.3. The Balaban J connectivity index is 1.19. The molecule has 0 aliphatic carbocycles. The van der Waals surface area contributed by atoms with E-state index in [1.54, 1.807) is 30.3 Å². The summed E-state index contributed by atoms with van der Waals surface area (Å²) in [7, 11) is 2.09. The summed E-state index contributed by atoms with van der Waals surface area (Å²) in [6, 6.07) is 15.9. The summed E-state index contributed by atoms with van der Waals surface area (Å²) in [6.07, 6.45) is -3.64. The van der Waals surface area contributed by atoms with Crippen LogP contribution in [0.5, 0.6) is 17.6 Å². The second-order valence-electron chi connectivity index (χ2n) is 16.0. The number of carbonyl (C=O) groups excluding carboxylic acids is 1. The molecule has 66 heavy (non-hydrogen) atoms. The van der Waals surface area contributed by atoms with Crippen LogP contribution in [-0.4, -0.2) is 105 Å². The van der Waals surface area contributed by atoms with E-state index < -0.39 is 37.1 Å². The lowest BCUT2D eigenvalue weighted by Crippen LogP contribution is -2.44. The van der Waals surface area contributed by atoms with Gasteiger partial charge < -0.3 is 34.9 Å². The van der Waals surface area contributed by atoms with E-state index in [4.69, 9.17) is 31.5 Å². The van der Waals surface area contributed by atoms with Crippen molar-refractivity contribution in [3.63, 3.8) is 0 Å². The molecule has 3 aromatic heterocycles. The fourth-order valence-corrected chi connectivity index (χ4v) is 9.00. The quantitative estimate of drug-likeness (QED) is 0.0701. The lowest BCUT2D eigenvalue weighted by molar-refractivity contribution is -0.145. The number of alkyl halides is 3. The summed E-state index contributed by atoms with van der Waals surface area (Å²) in [5, 5.41) is 11.6. The van der Waals surface area contributed by atoms with E-state index >= 15 is 0 Å². The zero-order chi connectivity index (χ0) is 47.0. The number of aromatic nitrogens is 4. The third-order valence-electron chi connectivity index (χ3n) is 11.2. The van der Waals surface area contributed by atoms with Gasteiger partial charge in [0.25, 0.3) is 0 Å². The number of ether oxygens (including phenoxy) is 3. The second kappa shape index (κ2) is 21.7. The van der Waals surface area contributed by atoms with Crippen molar-refractivity contribution in [1.82, 2.24) is 29.7 Å². The van der Waals surface area contributed by atoms with Gasteiger partial charge in [0.15, 0.2) is 0 Å². The molecule has 0 radical (unpaired) electrons. The van der Waals surface area contributed by atoms with Gasteiger partial charge in [-0.05, 0) is 84.6 Å². The van der Waals surface area contributed by atoms with Gasteiger partial charge in [0.1, 0.15) is 41.7 Å². The molecule has 0 spiro atoms. The molecule has 1 aliphatic rings. The Morgan fingerprint density at radius 3 is 2.48 bits per heavy atom. The maximum absolute atomic E-state index is 14.2. The van der Waals surface area contributed by atoms with Crippen molar-refractivity contribution in [3.05, 3.63) is 112 Å². The Labute approximate surface area is 387 Å². The highest BCUT2D eigenvalue weighted by molar-refractivity contribution is 7.22. The molecule has 3 aromatic carbocycles. The first-order valence-corrected chi connectivity index (χ1v) is 22.4. The van der Waals surface area contributed by atoms with Crippen molar-refractivity contribution in [1.29, 1.82) is 0 Å². The third kappa shape index (κ3) is 12.3. The summed E-state index contributed by atoms with van der Waals surface area (Å²) >= 11 is 8.11. The molecule has 3 N–H and O–H groups in total. The molecule has 0 saturated carbocycles. The summed E-state index contributed by atoms with van der Waals surface area (Å²) in [5.41, 5.74) is 10.7. The number of thiophene rings is 1. The number of nitrogens with two attached hydrogens (primary N) is 1. The zero-order valence-corrected chi connectivity index (χ0v) is 37.8. The Hall–Kier alpha value is -5.79. The molecule has 7 rings (SSSR count). The fraction of sp³-hybridized carbons (Fsp3) is 0.362. The standard InChI is InChI=1S/C47H48ClF4N7O6S/c1-28-36(11-8-31(25-53)41(28)48)39-40-43(55-27-56-44(40)66-42(39)30-6-9-33(49)10-7-30)65-38(45(61)62)24-32-22-29(23-35(60)4-3-16-59-19-17-58(2)18-20-59)5-12-37(32)64-26-34-13-15-54-46(57-34)63-21-14-47(50,51)52/h5-13,15,22,27,38H,3-4,14,16-21,23-26,53H2,1-2H3,(H,61,62)/t38-/m1/s1. The van der Waals surface area contributed by atoms with Crippen molar-refractivity contribution in [3.8, 4) is 39.2 Å². The third-order valence-corrected chi connectivity index (χ3v) is 12.9. The van der Waals surface area contributed by atoms with E-state index in [-0.39, 0.29) is 55.1 Å². The van der Waals surface area contributed by atoms with Crippen LogP contribution < -0.4 is 19.9 Å². The highest BCUT2D eigenvalue weighted by Gasteiger charge is 2.29. The van der Waals surface area contributed by atoms with Crippen LogP contribution in [0.2, 0.25) is 5.02 Å². The summed E-state index contributed by atoms with van der Waals surface area (Å²) < 4.78 is 70.0. The Bertz CT molecular complexity index is 2660. The molecule has 0 bridgehead atoms. The van der Waals surface area contributed by atoms with Gasteiger partial charge in [-0.3, -0.25) is 4.79 Å². The second-order valence-corrected chi connectivity index (χ2v) is 17.4. The number of piperazine rings is 1. The Morgan fingerprint density at radius 1 is 0.985 bits per heavy atom. The number of aliphatic carboxylic acids is 1. The van der Waals surface area contributed by atoms with Crippen LogP contribution in [0.15, 0.2) is 73.2 Å². The number of carboxylic acid groups (broad SMARTS) is 1. The monoisotopic (exact) mass is 949 g/mol. The van der Waals surface area contributed by atoms with E-state index in [9.17, 15) is 32.3 Å². The Morgan fingerprint density at radius 2 is 1.76 bits per heavy atom. The number of benzene rings is 3. The van der Waals surface area contributed by atoms with Crippen molar-refractivity contribution >= 4 is 44.9 Å². The van der Waals surface area contributed by atoms with Crippen molar-refractivity contribution < 1.29 is 46.5 Å². The topological polar surface area (TPSA) is 166 Å². The SMILES string of the molecule is Cc1c(-c2c(-c3ccc(F)cc3)sc3ncnc(O[C@H](Cc4cc(CC(=O)CCCN5CCN(C)CC5)ccc4OCc4ccnc(OCCC(F)(F)F)n4)C(=O)O)c23)ccc(CN)c1Cl. The smallest absolute Gasteiger partial charge is 0.392 e. The predicted molar refractivity (Wildman–Crippen MR) is 242 cm³/mol. The van der Waals surface area contributed by atoms with Crippen molar-refractivity contribution in [2.45, 2.75) is 64.5 Å². The largest absolute Gasteiger partial charge is 0.487 e. The van der Waals surface area contributed by atoms with Gasteiger partial charge in [0.2, 0.25) is 12.0 Å². The van der Waals surface area contributed by atoms with Gasteiger partial charge in [-0.1, -0.05) is 48.0 Å². The van der Waals surface area contributed by atoms with Gasteiger partial charge in [-0.25, -0.2) is 24.1 Å². The van der Waals surface area contributed by atoms with E-state index in [2.05, 4.69) is 36.8 Å². The molecule has 1 aliphatic heterocycles. The number of rotatable bonds is 20. The van der Waals surface area contributed by atoms with Crippen LogP contribution in [0.1, 0.15) is 47.2 Å². The average Bonchev–Trinajstić information content (AvgIpc) is 3.67. The molecule has 1 saturated heterocycles. The normalized spacial score (nSPS) is 14.1. The van der Waals surface area contributed by atoms with Gasteiger partial charge in [-0.15, -0.1) is 11.3 Å². The number of hydrogen-bond acceptors (Lipinski definition) is 13. The van der Waals surface area contributed by atoms with Gasteiger partial charge in [0, 0.05) is 73.6 Å². The van der Waals surface area contributed by atoms with Crippen LogP contribution in [-0.2, 0) is 35.6 Å². The summed E-state index contributed by atoms with van der Waals surface area (Å²) in [4.78, 5) is 49.4. The number of likely N-dealkylation sites (N-methyl/N-ethyl adjacent to an activating group) is 1. The van der Waals surface area contributed by atoms with Crippen LogP contribution in [0.25, 0.3) is 31.8 Å². The molecule has 0 amide bonds. The number of carboxylic acids is 1.